The largest absolute Gasteiger partial charge is 0.370 e. The summed E-state index contributed by atoms with van der Waals surface area (Å²) in [6.07, 6.45) is 4.33. The van der Waals surface area contributed by atoms with E-state index in [0.29, 0.717) is 29.3 Å². The minimum Gasteiger partial charge on any atom is -0.370 e. The summed E-state index contributed by atoms with van der Waals surface area (Å²) in [5, 5.41) is 3.36. The Bertz CT molecular complexity index is 760. The van der Waals surface area contributed by atoms with Crippen molar-refractivity contribution in [3.8, 4) is 11.4 Å². The van der Waals surface area contributed by atoms with E-state index in [9.17, 15) is 4.79 Å². The van der Waals surface area contributed by atoms with Gasteiger partial charge in [0.1, 0.15) is 11.5 Å². The molecule has 0 radical (unpaired) electrons. The quantitative estimate of drug-likeness (QED) is 0.811. The molecule has 1 saturated heterocycles. The zero-order chi connectivity index (χ0) is 19.2. The van der Waals surface area contributed by atoms with E-state index >= 15 is 0 Å². The van der Waals surface area contributed by atoms with E-state index in [1.165, 1.54) is 6.42 Å². The van der Waals surface area contributed by atoms with Crippen LogP contribution in [0.15, 0.2) is 36.4 Å². The van der Waals surface area contributed by atoms with Crippen LogP contribution in [0, 0.1) is 5.92 Å². The highest BCUT2D eigenvalue weighted by Crippen LogP contribution is 2.24. The highest BCUT2D eigenvalue weighted by Gasteiger charge is 2.27. The van der Waals surface area contributed by atoms with Crippen molar-refractivity contribution < 1.29 is 4.79 Å². The van der Waals surface area contributed by atoms with Crippen LogP contribution in [-0.4, -0.2) is 39.9 Å². The second-order valence-electron chi connectivity index (χ2n) is 7.66. The molecule has 1 atom stereocenters. The number of carbonyl (C=O) groups is 1. The van der Waals surface area contributed by atoms with Crippen molar-refractivity contribution in [2.75, 3.05) is 18.4 Å². The molecule has 1 aromatic carbocycles. The first kappa shape index (κ1) is 19.3. The Kier molecular flexibility index (Phi) is 6.43. The molecule has 3 rings (SSSR count). The summed E-state index contributed by atoms with van der Waals surface area (Å²) in [7, 11) is 0. The lowest BCUT2D eigenvalue weighted by molar-refractivity contribution is 0.0602. The fourth-order valence-corrected chi connectivity index (χ4v) is 3.51. The molecule has 1 aliphatic rings. The molecule has 0 bridgehead atoms. The number of piperidine rings is 1. The molecule has 0 aliphatic carbocycles. The Morgan fingerprint density at radius 2 is 2.00 bits per heavy atom. The SMILES string of the molecule is CCC1CCCCN1C(=O)c1cc(NCC(C)C)nc(-c2ccccc2)n1. The number of nitrogens with zero attached hydrogens (tertiary/aromatic N) is 3. The molecule has 144 valence electrons. The summed E-state index contributed by atoms with van der Waals surface area (Å²) in [4.78, 5) is 24.5. The molecule has 1 fully saturated rings. The molecule has 1 N–H and O–H groups in total. The zero-order valence-electron chi connectivity index (χ0n) is 16.6. The van der Waals surface area contributed by atoms with Gasteiger partial charge in [0.15, 0.2) is 5.82 Å². The molecule has 2 aromatic rings. The van der Waals surface area contributed by atoms with Crippen molar-refractivity contribution in [1.29, 1.82) is 0 Å². The number of amides is 1. The zero-order valence-corrected chi connectivity index (χ0v) is 16.6. The topological polar surface area (TPSA) is 58.1 Å². The number of hydrogen-bond acceptors (Lipinski definition) is 4. The van der Waals surface area contributed by atoms with Crippen molar-refractivity contribution >= 4 is 11.7 Å². The molecule has 1 amide bonds. The van der Waals surface area contributed by atoms with Gasteiger partial charge in [0.2, 0.25) is 0 Å². The van der Waals surface area contributed by atoms with Gasteiger partial charge in [0.25, 0.3) is 5.91 Å². The first-order chi connectivity index (χ1) is 13.1. The van der Waals surface area contributed by atoms with Crippen molar-refractivity contribution in [1.82, 2.24) is 14.9 Å². The third-order valence-electron chi connectivity index (χ3n) is 5.03. The number of likely N-dealkylation sites (tertiary alicyclic amines) is 1. The summed E-state index contributed by atoms with van der Waals surface area (Å²) in [5.74, 6) is 1.82. The Morgan fingerprint density at radius 3 is 2.70 bits per heavy atom. The Balaban J connectivity index is 1.95. The molecule has 0 saturated carbocycles. The van der Waals surface area contributed by atoms with Gasteiger partial charge < -0.3 is 10.2 Å². The predicted molar refractivity (Wildman–Crippen MR) is 110 cm³/mol. The standard InChI is InChI=1S/C22H30N4O/c1-4-18-12-8-9-13-26(18)22(27)19-14-20(23-15-16(2)3)25-21(24-19)17-10-6-5-7-11-17/h5-7,10-11,14,16,18H,4,8-9,12-13,15H2,1-3H3,(H,23,24,25). The van der Waals surface area contributed by atoms with Crippen molar-refractivity contribution in [2.24, 2.45) is 5.92 Å². The van der Waals surface area contributed by atoms with Crippen LogP contribution in [0.4, 0.5) is 5.82 Å². The Morgan fingerprint density at radius 1 is 1.22 bits per heavy atom. The molecular weight excluding hydrogens is 336 g/mol. The lowest BCUT2D eigenvalue weighted by Gasteiger charge is -2.35. The van der Waals surface area contributed by atoms with Gasteiger partial charge in [-0.1, -0.05) is 51.1 Å². The summed E-state index contributed by atoms with van der Waals surface area (Å²) >= 11 is 0. The van der Waals surface area contributed by atoms with E-state index in [1.807, 2.05) is 35.2 Å². The van der Waals surface area contributed by atoms with Crippen LogP contribution in [-0.2, 0) is 0 Å². The van der Waals surface area contributed by atoms with E-state index in [2.05, 4.69) is 36.1 Å². The summed E-state index contributed by atoms with van der Waals surface area (Å²) in [5.41, 5.74) is 1.40. The number of nitrogens with one attached hydrogen (secondary N) is 1. The molecule has 1 aliphatic heterocycles. The number of anilines is 1. The fraction of sp³-hybridized carbons (Fsp3) is 0.500. The van der Waals surface area contributed by atoms with Gasteiger partial charge in [-0.3, -0.25) is 4.79 Å². The highest BCUT2D eigenvalue weighted by atomic mass is 16.2. The maximum absolute atomic E-state index is 13.3. The molecule has 1 aromatic heterocycles. The van der Waals surface area contributed by atoms with Crippen LogP contribution in [0.2, 0.25) is 0 Å². The lowest BCUT2D eigenvalue weighted by atomic mass is 9.99. The van der Waals surface area contributed by atoms with Gasteiger partial charge in [-0.15, -0.1) is 0 Å². The molecule has 2 heterocycles. The predicted octanol–water partition coefficient (Wildman–Crippen LogP) is 4.62. The van der Waals surface area contributed by atoms with Crippen LogP contribution in [0.25, 0.3) is 11.4 Å². The van der Waals surface area contributed by atoms with Crippen LogP contribution >= 0.6 is 0 Å². The maximum atomic E-state index is 13.3. The number of carbonyl (C=O) groups excluding carboxylic acids is 1. The number of hydrogen-bond donors (Lipinski definition) is 1. The normalized spacial score (nSPS) is 17.2. The van der Waals surface area contributed by atoms with Gasteiger partial charge in [-0.25, -0.2) is 9.97 Å². The summed E-state index contributed by atoms with van der Waals surface area (Å²) in [6.45, 7) is 8.08. The number of aromatic nitrogens is 2. The highest BCUT2D eigenvalue weighted by molar-refractivity contribution is 5.93. The third-order valence-corrected chi connectivity index (χ3v) is 5.03. The van der Waals surface area contributed by atoms with Crippen molar-refractivity contribution in [3.63, 3.8) is 0 Å². The van der Waals surface area contributed by atoms with E-state index in [1.54, 1.807) is 6.07 Å². The van der Waals surface area contributed by atoms with Gasteiger partial charge in [0.05, 0.1) is 0 Å². The van der Waals surface area contributed by atoms with Gasteiger partial charge in [-0.2, -0.15) is 0 Å². The maximum Gasteiger partial charge on any atom is 0.272 e. The van der Waals surface area contributed by atoms with E-state index < -0.39 is 0 Å². The average Bonchev–Trinajstić information content (AvgIpc) is 2.72. The first-order valence-corrected chi connectivity index (χ1v) is 10.1. The number of rotatable bonds is 6. The van der Waals surface area contributed by atoms with E-state index in [4.69, 9.17) is 0 Å². The molecular formula is C22H30N4O. The monoisotopic (exact) mass is 366 g/mol. The number of benzene rings is 1. The smallest absolute Gasteiger partial charge is 0.272 e. The average molecular weight is 367 g/mol. The van der Waals surface area contributed by atoms with Crippen LogP contribution in [0.5, 0.6) is 0 Å². The minimum atomic E-state index is 0.0220. The lowest BCUT2D eigenvalue weighted by Crippen LogP contribution is -2.43. The minimum absolute atomic E-state index is 0.0220. The third kappa shape index (κ3) is 4.85. The molecule has 0 spiro atoms. The second kappa shape index (κ2) is 8.98. The molecule has 5 nitrogen and oxygen atoms in total. The van der Waals surface area contributed by atoms with Crippen LogP contribution in [0.1, 0.15) is 56.9 Å². The van der Waals surface area contributed by atoms with Crippen LogP contribution < -0.4 is 5.32 Å². The summed E-state index contributed by atoms with van der Waals surface area (Å²) < 4.78 is 0. The summed E-state index contributed by atoms with van der Waals surface area (Å²) in [6, 6.07) is 12.0. The fourth-order valence-electron chi connectivity index (χ4n) is 3.51. The van der Waals surface area contributed by atoms with Gasteiger partial charge >= 0.3 is 0 Å². The molecule has 27 heavy (non-hydrogen) atoms. The Labute approximate surface area is 162 Å². The van der Waals surface area contributed by atoms with Crippen LogP contribution in [0.3, 0.4) is 0 Å². The van der Waals surface area contributed by atoms with E-state index in [0.717, 1.165) is 37.9 Å². The van der Waals surface area contributed by atoms with Gasteiger partial charge in [-0.05, 0) is 31.6 Å². The Hall–Kier alpha value is -2.43. The molecule has 5 heteroatoms. The second-order valence-corrected chi connectivity index (χ2v) is 7.66. The molecule has 1 unspecified atom stereocenters. The first-order valence-electron chi connectivity index (χ1n) is 10.1. The van der Waals surface area contributed by atoms with E-state index in [-0.39, 0.29) is 5.91 Å². The van der Waals surface area contributed by atoms with Crippen molar-refractivity contribution in [3.05, 3.63) is 42.1 Å². The van der Waals surface area contributed by atoms with Gasteiger partial charge in [0, 0.05) is 30.8 Å². The van der Waals surface area contributed by atoms with Crippen molar-refractivity contribution in [2.45, 2.75) is 52.5 Å².